The Morgan fingerprint density at radius 3 is 2.33 bits per heavy atom. The van der Waals surface area contributed by atoms with Crippen LogP contribution in [0.1, 0.15) is 44.6 Å². The maximum Gasteiger partial charge on any atom is 0.107 e. The van der Waals surface area contributed by atoms with Crippen LogP contribution in [-0.2, 0) is 0 Å². The molecule has 1 nitrogen and oxygen atoms in total. The largest absolute Gasteiger partial charge is 0.466 e. The Morgan fingerprint density at radius 2 is 2.00 bits per heavy atom. The lowest BCUT2D eigenvalue weighted by molar-refractivity contribution is 0.377. The van der Waals surface area contributed by atoms with Gasteiger partial charge in [0.05, 0.1) is 0 Å². The van der Waals surface area contributed by atoms with E-state index in [1.165, 1.54) is 0 Å². The second-order valence-electron chi connectivity index (χ2n) is 3.71. The summed E-state index contributed by atoms with van der Waals surface area (Å²) in [7, 11) is 0. The number of furan rings is 1. The first-order chi connectivity index (χ1) is 5.65. The summed E-state index contributed by atoms with van der Waals surface area (Å²) in [4.78, 5) is 0. The molecule has 0 bridgehead atoms. The number of hydrogen-bond donors (Lipinski definition) is 0. The predicted octanol–water partition coefficient (Wildman–Crippen LogP) is 3.74. The van der Waals surface area contributed by atoms with E-state index in [1.807, 2.05) is 13.0 Å². The SMILES string of the molecule is CC[C@@H](c1ccc(C)o1)C(C)C. The fourth-order valence-electron chi connectivity index (χ4n) is 1.65. The first kappa shape index (κ1) is 9.37. The normalized spacial score (nSPS) is 13.8. The van der Waals surface area contributed by atoms with Crippen molar-refractivity contribution in [3.05, 3.63) is 23.7 Å². The first-order valence-corrected chi connectivity index (χ1v) is 4.71. The Hall–Kier alpha value is -0.720. The molecule has 0 aliphatic rings. The molecule has 1 rings (SSSR count). The summed E-state index contributed by atoms with van der Waals surface area (Å²) in [6, 6.07) is 4.14. The lowest BCUT2D eigenvalue weighted by Crippen LogP contribution is -2.03. The molecule has 0 radical (unpaired) electrons. The molecule has 0 aliphatic heterocycles. The van der Waals surface area contributed by atoms with Crippen LogP contribution in [0.25, 0.3) is 0 Å². The molecular formula is C11H18O. The minimum absolute atomic E-state index is 0.582. The minimum Gasteiger partial charge on any atom is -0.466 e. The molecule has 0 unspecified atom stereocenters. The Balaban J connectivity index is 2.80. The van der Waals surface area contributed by atoms with Crippen LogP contribution in [0.4, 0.5) is 0 Å². The number of aryl methyl sites for hydroxylation is 1. The Bertz CT molecular complexity index is 235. The molecule has 12 heavy (non-hydrogen) atoms. The van der Waals surface area contributed by atoms with Crippen LogP contribution in [0.2, 0.25) is 0 Å². The maximum atomic E-state index is 5.60. The number of rotatable bonds is 3. The van der Waals surface area contributed by atoms with Crippen LogP contribution in [0.15, 0.2) is 16.5 Å². The zero-order valence-electron chi connectivity index (χ0n) is 8.42. The molecule has 68 valence electrons. The smallest absolute Gasteiger partial charge is 0.107 e. The lowest BCUT2D eigenvalue weighted by atomic mass is 9.91. The standard InChI is InChI=1S/C11H18O/c1-5-10(8(2)3)11-7-6-9(4)12-11/h6-8,10H,5H2,1-4H3/t10-/m1/s1. The van der Waals surface area contributed by atoms with E-state index in [0.717, 1.165) is 17.9 Å². The molecule has 0 saturated heterocycles. The summed E-state index contributed by atoms with van der Waals surface area (Å²) in [5.74, 6) is 3.41. The molecule has 0 aromatic carbocycles. The fraction of sp³-hybridized carbons (Fsp3) is 0.636. The summed E-state index contributed by atoms with van der Waals surface area (Å²) in [5.41, 5.74) is 0. The van der Waals surface area contributed by atoms with E-state index in [9.17, 15) is 0 Å². The van der Waals surface area contributed by atoms with E-state index in [-0.39, 0.29) is 0 Å². The van der Waals surface area contributed by atoms with Crippen molar-refractivity contribution in [3.8, 4) is 0 Å². The van der Waals surface area contributed by atoms with E-state index in [0.29, 0.717) is 11.8 Å². The molecule has 0 spiro atoms. The third-order valence-corrected chi connectivity index (χ3v) is 2.37. The average Bonchev–Trinajstić information content (AvgIpc) is 2.37. The highest BCUT2D eigenvalue weighted by molar-refractivity contribution is 5.10. The van der Waals surface area contributed by atoms with Gasteiger partial charge in [-0.05, 0) is 31.4 Å². The monoisotopic (exact) mass is 166 g/mol. The van der Waals surface area contributed by atoms with Gasteiger partial charge in [0.1, 0.15) is 11.5 Å². The summed E-state index contributed by atoms with van der Waals surface area (Å²) < 4.78 is 5.60. The topological polar surface area (TPSA) is 13.1 Å². The predicted molar refractivity (Wildman–Crippen MR) is 51.3 cm³/mol. The Labute approximate surface area is 74.8 Å². The average molecular weight is 166 g/mol. The number of hydrogen-bond acceptors (Lipinski definition) is 1. The molecule has 1 heteroatoms. The van der Waals surface area contributed by atoms with Crippen molar-refractivity contribution in [1.29, 1.82) is 0 Å². The van der Waals surface area contributed by atoms with Gasteiger partial charge < -0.3 is 4.42 Å². The van der Waals surface area contributed by atoms with Crippen LogP contribution in [0.3, 0.4) is 0 Å². The van der Waals surface area contributed by atoms with E-state index in [2.05, 4.69) is 26.8 Å². The van der Waals surface area contributed by atoms with E-state index >= 15 is 0 Å². The van der Waals surface area contributed by atoms with Gasteiger partial charge >= 0.3 is 0 Å². The molecule has 0 amide bonds. The zero-order valence-corrected chi connectivity index (χ0v) is 8.42. The second-order valence-corrected chi connectivity index (χ2v) is 3.71. The van der Waals surface area contributed by atoms with Gasteiger partial charge in [-0.15, -0.1) is 0 Å². The molecule has 0 aliphatic carbocycles. The summed E-state index contributed by atoms with van der Waals surface area (Å²) in [5, 5.41) is 0. The highest BCUT2D eigenvalue weighted by atomic mass is 16.3. The highest BCUT2D eigenvalue weighted by Crippen LogP contribution is 2.28. The molecule has 1 aromatic rings. The maximum absolute atomic E-state index is 5.60. The first-order valence-electron chi connectivity index (χ1n) is 4.71. The minimum atomic E-state index is 0.582. The van der Waals surface area contributed by atoms with Crippen molar-refractivity contribution in [2.24, 2.45) is 5.92 Å². The van der Waals surface area contributed by atoms with Crippen LogP contribution < -0.4 is 0 Å². The Morgan fingerprint density at radius 1 is 1.33 bits per heavy atom. The van der Waals surface area contributed by atoms with Crippen molar-refractivity contribution in [3.63, 3.8) is 0 Å². The van der Waals surface area contributed by atoms with Gasteiger partial charge in [-0.2, -0.15) is 0 Å². The van der Waals surface area contributed by atoms with Gasteiger partial charge in [0.25, 0.3) is 0 Å². The lowest BCUT2D eigenvalue weighted by Gasteiger charge is -2.15. The molecular weight excluding hydrogens is 148 g/mol. The van der Waals surface area contributed by atoms with Gasteiger partial charge in [-0.1, -0.05) is 20.8 Å². The van der Waals surface area contributed by atoms with Gasteiger partial charge in [-0.25, -0.2) is 0 Å². The van der Waals surface area contributed by atoms with Crippen LogP contribution in [0, 0.1) is 12.8 Å². The third-order valence-electron chi connectivity index (χ3n) is 2.37. The summed E-state index contributed by atoms with van der Waals surface area (Å²) >= 11 is 0. The van der Waals surface area contributed by atoms with Crippen molar-refractivity contribution < 1.29 is 4.42 Å². The molecule has 1 heterocycles. The van der Waals surface area contributed by atoms with Crippen molar-refractivity contribution in [2.75, 3.05) is 0 Å². The van der Waals surface area contributed by atoms with Crippen LogP contribution in [0.5, 0.6) is 0 Å². The molecule has 0 N–H and O–H groups in total. The fourth-order valence-corrected chi connectivity index (χ4v) is 1.65. The van der Waals surface area contributed by atoms with Crippen molar-refractivity contribution in [1.82, 2.24) is 0 Å². The van der Waals surface area contributed by atoms with Crippen molar-refractivity contribution in [2.45, 2.75) is 40.0 Å². The van der Waals surface area contributed by atoms with Gasteiger partial charge in [0.2, 0.25) is 0 Å². The zero-order chi connectivity index (χ0) is 9.14. The van der Waals surface area contributed by atoms with Gasteiger partial charge in [-0.3, -0.25) is 0 Å². The van der Waals surface area contributed by atoms with Gasteiger partial charge in [0, 0.05) is 5.92 Å². The van der Waals surface area contributed by atoms with Gasteiger partial charge in [0.15, 0.2) is 0 Å². The molecule has 1 atom stereocenters. The van der Waals surface area contributed by atoms with E-state index in [1.54, 1.807) is 0 Å². The Kier molecular flexibility index (Phi) is 2.96. The van der Waals surface area contributed by atoms with Crippen LogP contribution >= 0.6 is 0 Å². The van der Waals surface area contributed by atoms with E-state index in [4.69, 9.17) is 4.42 Å². The molecule has 1 aromatic heterocycles. The summed E-state index contributed by atoms with van der Waals surface area (Å²) in [6.45, 7) is 8.69. The molecule has 0 fully saturated rings. The van der Waals surface area contributed by atoms with Crippen LogP contribution in [-0.4, -0.2) is 0 Å². The highest BCUT2D eigenvalue weighted by Gasteiger charge is 2.16. The second kappa shape index (κ2) is 3.79. The summed E-state index contributed by atoms with van der Waals surface area (Å²) in [6.07, 6.45) is 1.16. The molecule has 0 saturated carbocycles. The quantitative estimate of drug-likeness (QED) is 0.666. The van der Waals surface area contributed by atoms with Crippen molar-refractivity contribution >= 4 is 0 Å². The van der Waals surface area contributed by atoms with E-state index < -0.39 is 0 Å². The third kappa shape index (κ3) is 1.90.